The van der Waals surface area contributed by atoms with Gasteiger partial charge in [-0.25, -0.2) is 0 Å². The van der Waals surface area contributed by atoms with E-state index in [1.807, 2.05) is 13.0 Å². The van der Waals surface area contributed by atoms with Gasteiger partial charge in [-0.3, -0.25) is 4.90 Å². The normalized spacial score (nSPS) is 17.6. The topological polar surface area (TPSA) is 43.7 Å². The van der Waals surface area contributed by atoms with Gasteiger partial charge < -0.3 is 10.2 Å². The van der Waals surface area contributed by atoms with Crippen LogP contribution in [0, 0.1) is 12.1 Å². The van der Waals surface area contributed by atoms with Gasteiger partial charge in [0.1, 0.15) is 0 Å². The van der Waals surface area contributed by atoms with Crippen molar-refractivity contribution >= 4 is 0 Å². The van der Waals surface area contributed by atoms with Gasteiger partial charge in [-0.05, 0) is 43.1 Å². The first-order chi connectivity index (χ1) is 7.74. The zero-order valence-electron chi connectivity index (χ0n) is 9.43. The van der Waals surface area contributed by atoms with Crippen LogP contribution < -0.4 is 0 Å². The van der Waals surface area contributed by atoms with Crippen LogP contribution in [0.15, 0.2) is 18.2 Å². The molecule has 1 saturated carbocycles. The maximum Gasteiger partial charge on any atom is 0.171 e. The van der Waals surface area contributed by atoms with E-state index in [1.54, 1.807) is 12.1 Å². The fourth-order valence-corrected chi connectivity index (χ4v) is 2.17. The zero-order valence-corrected chi connectivity index (χ0v) is 9.43. The summed E-state index contributed by atoms with van der Waals surface area (Å²) in [6.07, 6.45) is 0.954. The van der Waals surface area contributed by atoms with Crippen molar-refractivity contribution in [1.82, 2.24) is 4.90 Å². The van der Waals surface area contributed by atoms with Crippen LogP contribution in [0.3, 0.4) is 0 Å². The third-order valence-electron chi connectivity index (χ3n) is 3.04. The molecule has 0 saturated heterocycles. The molecule has 0 heterocycles. The summed E-state index contributed by atoms with van der Waals surface area (Å²) in [6.45, 7) is 2.87. The van der Waals surface area contributed by atoms with Crippen molar-refractivity contribution < 1.29 is 10.2 Å². The van der Waals surface area contributed by atoms with Gasteiger partial charge in [-0.15, -0.1) is 0 Å². The van der Waals surface area contributed by atoms with E-state index in [0.717, 1.165) is 24.9 Å². The van der Waals surface area contributed by atoms with Crippen molar-refractivity contribution in [2.24, 2.45) is 0 Å². The van der Waals surface area contributed by atoms with E-state index < -0.39 is 6.29 Å². The number of nitrogens with zero attached hydrogens (tertiary/aromatic N) is 1. The lowest BCUT2D eigenvalue weighted by atomic mass is 10.1. The Kier molecular flexibility index (Phi) is 3.45. The van der Waals surface area contributed by atoms with E-state index >= 15 is 0 Å². The zero-order chi connectivity index (χ0) is 11.5. The Bertz CT molecular complexity index is 322. The molecule has 2 N–H and O–H groups in total. The van der Waals surface area contributed by atoms with Crippen LogP contribution >= 0.6 is 0 Å². The van der Waals surface area contributed by atoms with Crippen LogP contribution in [0.4, 0.5) is 0 Å². The lowest BCUT2D eigenvalue weighted by Gasteiger charge is -2.32. The van der Waals surface area contributed by atoms with Crippen molar-refractivity contribution in [3.63, 3.8) is 0 Å². The van der Waals surface area contributed by atoms with E-state index in [1.165, 1.54) is 0 Å². The van der Waals surface area contributed by atoms with Gasteiger partial charge in [-0.2, -0.15) is 0 Å². The first kappa shape index (κ1) is 11.4. The Morgan fingerprint density at radius 1 is 1.44 bits per heavy atom. The van der Waals surface area contributed by atoms with Crippen molar-refractivity contribution in [3.05, 3.63) is 35.9 Å². The molecule has 0 aliphatic heterocycles. The number of aliphatic hydroxyl groups excluding tert-OH is 1. The minimum absolute atomic E-state index is 0.344. The molecule has 1 aromatic carbocycles. The second kappa shape index (κ2) is 4.84. The Morgan fingerprint density at radius 2 is 2.19 bits per heavy atom. The van der Waals surface area contributed by atoms with Gasteiger partial charge >= 0.3 is 0 Å². The average Bonchev–Trinajstić information content (AvgIpc) is 3.10. The third kappa shape index (κ3) is 2.35. The van der Waals surface area contributed by atoms with Crippen molar-refractivity contribution in [1.29, 1.82) is 0 Å². The van der Waals surface area contributed by atoms with Gasteiger partial charge in [-0.1, -0.05) is 19.1 Å². The van der Waals surface area contributed by atoms with Gasteiger partial charge in [0, 0.05) is 6.04 Å². The standard InChI is InChI=1S/C13H17NO2/c1-2-14(11-8-9-11)12(13(15)16)10-6-4-3-5-7-10/h4,6-7,11-13,15-16H,2,8-9H2,1H3. The van der Waals surface area contributed by atoms with Gasteiger partial charge in [0.15, 0.2) is 6.29 Å². The Morgan fingerprint density at radius 3 is 2.62 bits per heavy atom. The van der Waals surface area contributed by atoms with Crippen molar-refractivity contribution in [3.8, 4) is 0 Å². The summed E-state index contributed by atoms with van der Waals surface area (Å²) in [5.74, 6) is 0. The first-order valence-electron chi connectivity index (χ1n) is 5.73. The van der Waals surface area contributed by atoms with Crippen LogP contribution in [-0.2, 0) is 0 Å². The average molecular weight is 219 g/mol. The lowest BCUT2D eigenvalue weighted by Crippen LogP contribution is -2.38. The summed E-state index contributed by atoms with van der Waals surface area (Å²) < 4.78 is 0. The fourth-order valence-electron chi connectivity index (χ4n) is 2.17. The summed E-state index contributed by atoms with van der Waals surface area (Å²) in [6, 6.07) is 11.2. The first-order valence-corrected chi connectivity index (χ1v) is 5.73. The molecule has 1 aliphatic carbocycles. The Hall–Kier alpha value is -1.08. The van der Waals surface area contributed by atoms with Crippen LogP contribution in [0.25, 0.3) is 0 Å². The third-order valence-corrected chi connectivity index (χ3v) is 3.04. The summed E-state index contributed by atoms with van der Waals surface area (Å²) >= 11 is 0. The highest BCUT2D eigenvalue weighted by Gasteiger charge is 2.36. The molecule has 1 unspecified atom stereocenters. The summed E-state index contributed by atoms with van der Waals surface area (Å²) in [5, 5.41) is 19.1. The van der Waals surface area contributed by atoms with E-state index in [-0.39, 0.29) is 6.04 Å². The van der Waals surface area contributed by atoms with Crippen molar-refractivity contribution in [2.75, 3.05) is 6.54 Å². The molecule has 86 valence electrons. The predicted molar refractivity (Wildman–Crippen MR) is 60.5 cm³/mol. The monoisotopic (exact) mass is 219 g/mol. The quantitative estimate of drug-likeness (QED) is 0.729. The highest BCUT2D eigenvalue weighted by molar-refractivity contribution is 5.17. The molecule has 3 nitrogen and oxygen atoms in total. The molecule has 0 radical (unpaired) electrons. The Balaban J connectivity index is 2.22. The van der Waals surface area contributed by atoms with E-state index in [9.17, 15) is 10.2 Å². The molecular weight excluding hydrogens is 202 g/mol. The second-order valence-electron chi connectivity index (χ2n) is 4.19. The van der Waals surface area contributed by atoms with Crippen LogP contribution in [0.2, 0.25) is 0 Å². The highest BCUT2D eigenvalue weighted by Crippen LogP contribution is 2.35. The van der Waals surface area contributed by atoms with Gasteiger partial charge in [0.25, 0.3) is 0 Å². The Labute approximate surface area is 96.3 Å². The number of likely N-dealkylation sites (N-methyl/N-ethyl adjacent to an activating group) is 1. The molecule has 0 bridgehead atoms. The van der Waals surface area contributed by atoms with Gasteiger partial charge in [0.2, 0.25) is 0 Å². The van der Waals surface area contributed by atoms with Crippen LogP contribution in [0.5, 0.6) is 0 Å². The highest BCUT2D eigenvalue weighted by atomic mass is 16.5. The SMILES string of the molecule is CCN(C1CC1)C(c1cc#ccc1)C(O)O. The molecule has 1 aromatic rings. The molecule has 1 atom stereocenters. The number of hydrogen-bond acceptors (Lipinski definition) is 3. The van der Waals surface area contributed by atoms with Crippen LogP contribution in [-0.4, -0.2) is 34.0 Å². The van der Waals surface area contributed by atoms with E-state index in [0.29, 0.717) is 6.04 Å². The molecule has 1 aliphatic rings. The molecule has 0 spiro atoms. The molecule has 1 fully saturated rings. The summed E-state index contributed by atoms with van der Waals surface area (Å²) in [4.78, 5) is 2.15. The molecule has 3 heteroatoms. The van der Waals surface area contributed by atoms with Crippen molar-refractivity contribution in [2.45, 2.75) is 38.1 Å². The number of rotatable bonds is 5. The number of aliphatic hydroxyl groups is 2. The summed E-state index contributed by atoms with van der Waals surface area (Å²) in [5.41, 5.74) is 0.891. The number of hydrogen-bond donors (Lipinski definition) is 2. The largest absolute Gasteiger partial charge is 0.366 e. The molecule has 16 heavy (non-hydrogen) atoms. The lowest BCUT2D eigenvalue weighted by molar-refractivity contribution is -0.104. The summed E-state index contributed by atoms with van der Waals surface area (Å²) in [7, 11) is 0. The van der Waals surface area contributed by atoms with E-state index in [4.69, 9.17) is 0 Å². The minimum Gasteiger partial charge on any atom is -0.366 e. The molecular formula is C13H17NO2. The maximum absolute atomic E-state index is 9.53. The molecule has 0 aromatic heterocycles. The van der Waals surface area contributed by atoms with Crippen LogP contribution in [0.1, 0.15) is 31.4 Å². The molecule has 0 amide bonds. The van der Waals surface area contributed by atoms with E-state index in [2.05, 4.69) is 17.0 Å². The smallest absolute Gasteiger partial charge is 0.171 e. The molecule has 2 rings (SSSR count). The minimum atomic E-state index is -1.35. The second-order valence-corrected chi connectivity index (χ2v) is 4.19. The van der Waals surface area contributed by atoms with Gasteiger partial charge in [0.05, 0.1) is 6.04 Å². The maximum atomic E-state index is 9.53. The fraction of sp³-hybridized carbons (Fsp3) is 0.538. The predicted octanol–water partition coefficient (Wildman–Crippen LogP) is 1.12.